The lowest BCUT2D eigenvalue weighted by molar-refractivity contribution is -0.121. The van der Waals surface area contributed by atoms with Gasteiger partial charge in [-0.2, -0.15) is 25.5 Å². The number of carbonyl (C=O) groups excluding carboxylic acids is 1. The summed E-state index contributed by atoms with van der Waals surface area (Å²) in [5.41, 5.74) is 1.85. The number of carbonyl (C=O) groups is 1. The number of hydrogen-bond acceptors (Lipinski definition) is 17. The van der Waals surface area contributed by atoms with Crippen LogP contribution in [0.3, 0.4) is 0 Å². The Morgan fingerprint density at radius 1 is 0.940 bits per heavy atom. The van der Waals surface area contributed by atoms with E-state index in [2.05, 4.69) is 41.9 Å². The fourth-order valence-corrected chi connectivity index (χ4v) is 14.0. The number of ether oxygens (including phenoxy) is 1. The van der Waals surface area contributed by atoms with E-state index in [0.717, 1.165) is 51.5 Å². The van der Waals surface area contributed by atoms with Crippen molar-refractivity contribution in [3.8, 4) is 22.6 Å². The first-order chi connectivity index (χ1) is 38.8. The lowest BCUT2D eigenvalue weighted by Crippen LogP contribution is -2.33. The number of aromatic nitrogens is 2. The van der Waals surface area contributed by atoms with Gasteiger partial charge in [-0.25, -0.2) is 23.1 Å². The molecule has 0 radical (unpaired) electrons. The maximum atomic E-state index is 13.4. The Labute approximate surface area is 476 Å². The molecule has 3 aliphatic heterocycles. The van der Waals surface area contributed by atoms with Gasteiger partial charge in [-0.3, -0.25) is 32.8 Å². The Balaban J connectivity index is 1.10. The van der Waals surface area contributed by atoms with E-state index in [1.54, 1.807) is 0 Å². The summed E-state index contributed by atoms with van der Waals surface area (Å²) in [5.74, 6) is 0.263. The summed E-state index contributed by atoms with van der Waals surface area (Å²) in [4.78, 5) is 79.3. The van der Waals surface area contributed by atoms with E-state index in [4.69, 9.17) is 18.9 Å². The van der Waals surface area contributed by atoms with Crippen LogP contribution in [0.25, 0.3) is 34.8 Å². The number of anilines is 1. The standard InChI is InChI=1S/C51H62N5O22P3S2/c1-5-54(6-2)36-20-22-39-38(33(3)48(76-43(39)28-36)34-14-8-7-9-15-34)17-10-18-45-51(4,40-29-37(83(71,72)73)21-23-41(40)55(45)26-13-27-82(68,69)70)24-11-19-46(58)52-25-12-16-35-31-56(50(60)53-49(35)59)47-30-42(57)44(75-47)32-74-80(64,65)78-81(66,67)77-79(61,62)63/h7-10,12,14-18,20-23,28-29,31,42,44,47,57H,5-6,11,13,19,24-27,30,32H2,1-4H3,(H7-,52,53,58,59,60,61,62,63,64,65,66,67,68,69,70,71,72,73)/p+1/b16-12+/t42-,44+,47+,51?/m0/s1. The zero-order valence-electron chi connectivity index (χ0n) is 45.1. The summed E-state index contributed by atoms with van der Waals surface area (Å²) in [6.07, 6.45) is 4.97. The highest BCUT2D eigenvalue weighted by Gasteiger charge is 2.45. The molecule has 9 N–H and O–H groups in total. The van der Waals surface area contributed by atoms with Crippen molar-refractivity contribution in [2.75, 3.05) is 43.4 Å². The van der Waals surface area contributed by atoms with Gasteiger partial charge in [-0.15, -0.1) is 0 Å². The minimum Gasteiger partial charge on any atom is -0.456 e. The molecular formula is C51H63N5O22P3S2+. The number of hydrogen-bond donors (Lipinski definition) is 9. The average Bonchev–Trinajstić information content (AvgIpc) is 3.82. The van der Waals surface area contributed by atoms with E-state index in [1.807, 2.05) is 85.5 Å². The van der Waals surface area contributed by atoms with Gasteiger partial charge in [0.2, 0.25) is 11.3 Å². The number of nitrogens with one attached hydrogen (secondary N) is 2. The zero-order chi connectivity index (χ0) is 60.9. The number of fused-ring (bicyclic) bond motifs is 2. The lowest BCUT2D eigenvalue weighted by atomic mass is 9.77. The van der Waals surface area contributed by atoms with Crippen LogP contribution in [0.15, 0.2) is 116 Å². The van der Waals surface area contributed by atoms with Crippen molar-refractivity contribution in [1.29, 1.82) is 0 Å². The van der Waals surface area contributed by atoms with Crippen LogP contribution in [0.1, 0.15) is 81.4 Å². The van der Waals surface area contributed by atoms with Crippen LogP contribution in [-0.4, -0.2) is 117 Å². The molecule has 1 fully saturated rings. The van der Waals surface area contributed by atoms with Gasteiger partial charge in [0, 0.05) is 71.7 Å². The third-order valence-corrected chi connectivity index (χ3v) is 19.3. The van der Waals surface area contributed by atoms with Crippen molar-refractivity contribution < 1.29 is 91.4 Å². The number of nitrogens with zero attached hydrogens (tertiary/aromatic N) is 3. The van der Waals surface area contributed by atoms with Gasteiger partial charge in [-0.1, -0.05) is 54.6 Å². The Morgan fingerprint density at radius 3 is 2.31 bits per heavy atom. The molecule has 7 rings (SSSR count). The van der Waals surface area contributed by atoms with E-state index in [0.29, 0.717) is 28.5 Å². The Morgan fingerprint density at radius 2 is 1.65 bits per heavy atom. The summed E-state index contributed by atoms with van der Waals surface area (Å²) in [6, 6.07) is 19.7. The molecule has 4 aliphatic rings. The molecule has 450 valence electrons. The van der Waals surface area contributed by atoms with Gasteiger partial charge in [0.05, 0.1) is 35.0 Å². The molecule has 3 unspecified atom stereocenters. The molecule has 1 aliphatic carbocycles. The van der Waals surface area contributed by atoms with Crippen LogP contribution in [0.5, 0.6) is 0 Å². The second-order valence-corrected chi connectivity index (χ2v) is 26.9. The monoisotopic (exact) mass is 1250 g/mol. The van der Waals surface area contributed by atoms with E-state index < -0.39 is 102 Å². The number of benzene rings is 3. The molecule has 6 atom stereocenters. The number of rotatable bonds is 25. The van der Waals surface area contributed by atoms with Crippen LogP contribution >= 0.6 is 23.5 Å². The number of H-pyrrole nitrogens is 1. The second kappa shape index (κ2) is 26.2. The molecule has 3 aromatic rings. The third-order valence-electron chi connectivity index (χ3n) is 13.8. The molecule has 1 saturated heterocycles. The number of allylic oxidation sites excluding steroid dienone is 3. The van der Waals surface area contributed by atoms with Crippen molar-refractivity contribution in [2.45, 2.75) is 88.5 Å². The minimum absolute atomic E-state index is 0.0394. The van der Waals surface area contributed by atoms with Gasteiger partial charge >= 0.3 is 29.2 Å². The number of aliphatic hydroxyl groups excluding tert-OH is 1. The third kappa shape index (κ3) is 16.5. The minimum atomic E-state index is -5.84. The summed E-state index contributed by atoms with van der Waals surface area (Å²) >= 11 is 0. The van der Waals surface area contributed by atoms with Crippen molar-refractivity contribution in [1.82, 2.24) is 19.4 Å². The summed E-state index contributed by atoms with van der Waals surface area (Å²) in [6.45, 7) is 8.37. The van der Waals surface area contributed by atoms with Crippen molar-refractivity contribution in [3.05, 3.63) is 145 Å². The fourth-order valence-electron chi connectivity index (χ4n) is 9.92. The van der Waals surface area contributed by atoms with Gasteiger partial charge in [-0.05, 0) is 88.4 Å². The van der Waals surface area contributed by atoms with Crippen LogP contribution in [-0.2, 0) is 62.0 Å². The van der Waals surface area contributed by atoms with Gasteiger partial charge in [0.1, 0.15) is 36.9 Å². The normalized spacial score (nSPS) is 20.5. The molecule has 1 aromatic heterocycles. The van der Waals surface area contributed by atoms with Crippen molar-refractivity contribution in [2.24, 2.45) is 0 Å². The summed E-state index contributed by atoms with van der Waals surface area (Å²) in [7, 11) is -26.2. The Hall–Kier alpha value is -5.81. The number of aliphatic hydroxyl groups is 1. The molecule has 0 bridgehead atoms. The zero-order valence-corrected chi connectivity index (χ0v) is 49.4. The predicted octanol–water partition coefficient (Wildman–Crippen LogP) is 5.21. The molecule has 1 amide bonds. The fraction of sp³-hybridized carbons (Fsp3) is 0.373. The summed E-state index contributed by atoms with van der Waals surface area (Å²) in [5, 5.41) is 14.3. The highest BCUT2D eigenvalue weighted by Crippen LogP contribution is 2.66. The molecule has 2 aromatic carbocycles. The van der Waals surface area contributed by atoms with E-state index in [1.165, 1.54) is 30.4 Å². The molecule has 27 nitrogen and oxygen atoms in total. The molecule has 0 spiro atoms. The van der Waals surface area contributed by atoms with Gasteiger partial charge < -0.3 is 44.1 Å². The second-order valence-electron chi connectivity index (χ2n) is 19.5. The SMILES string of the molecule is CC[N+](CC)=c1ccc2c(/C=C/C=C3\N(CCCS(=O)(=O)O)c4ccc(S(=O)(=O)O)cc4C3(C)CCCC(=O)NC/C=C/c3cn([C@H]4C[C@H](O)[C@@H](COP(=O)(O)OP(=O)(O)OP(=O)(O)O)O4)c(=O)[nH]c3=O)c(C)c(-c3ccccc3)oc-2c1. The van der Waals surface area contributed by atoms with E-state index >= 15 is 0 Å². The summed E-state index contributed by atoms with van der Waals surface area (Å²) < 4.78 is 131. The largest absolute Gasteiger partial charge is 0.490 e. The first-order valence-corrected chi connectivity index (χ1v) is 33.2. The highest BCUT2D eigenvalue weighted by atomic mass is 32.2. The van der Waals surface area contributed by atoms with Crippen LogP contribution < -0.4 is 31.4 Å². The first kappa shape index (κ1) is 64.7. The van der Waals surface area contributed by atoms with E-state index in [-0.39, 0.29) is 50.8 Å². The van der Waals surface area contributed by atoms with E-state index in [9.17, 15) is 68.9 Å². The molecule has 83 heavy (non-hydrogen) atoms. The number of phosphoric acid groups is 3. The van der Waals surface area contributed by atoms with Crippen LogP contribution in [0.4, 0.5) is 5.69 Å². The first-order valence-electron chi connectivity index (χ1n) is 25.7. The van der Waals surface area contributed by atoms with Crippen LogP contribution in [0, 0.1) is 6.92 Å². The highest BCUT2D eigenvalue weighted by molar-refractivity contribution is 7.86. The smallest absolute Gasteiger partial charge is 0.456 e. The number of phosphoric ester groups is 1. The lowest BCUT2D eigenvalue weighted by Gasteiger charge is -2.30. The number of amides is 1. The maximum absolute atomic E-state index is 13.4. The van der Waals surface area contributed by atoms with Gasteiger partial charge in [0.15, 0.2) is 0 Å². The molecular weight excluding hydrogens is 1190 g/mol. The van der Waals surface area contributed by atoms with Crippen molar-refractivity contribution in [3.63, 3.8) is 0 Å². The van der Waals surface area contributed by atoms with Crippen molar-refractivity contribution >= 4 is 67.5 Å². The Kier molecular flexibility index (Phi) is 20.4. The Bertz CT molecular complexity index is 3890. The topological polar surface area (TPSA) is 401 Å². The molecule has 0 saturated carbocycles. The predicted molar refractivity (Wildman–Crippen MR) is 303 cm³/mol. The number of aromatic amines is 1. The maximum Gasteiger partial charge on any atom is 0.490 e. The molecule has 4 heterocycles. The van der Waals surface area contributed by atoms with Crippen LogP contribution in [0.2, 0.25) is 0 Å². The average molecular weight is 1260 g/mol. The quantitative estimate of drug-likeness (QED) is 0.0206. The molecule has 32 heteroatoms. The van der Waals surface area contributed by atoms with Gasteiger partial charge in [0.25, 0.3) is 25.8 Å².